The lowest BCUT2D eigenvalue weighted by Gasteiger charge is -2.39. The Bertz CT molecular complexity index is 383. The van der Waals surface area contributed by atoms with Crippen molar-refractivity contribution in [2.24, 2.45) is 5.73 Å². The smallest absolute Gasteiger partial charge is 0.251 e. The van der Waals surface area contributed by atoms with Crippen LogP contribution in [0.5, 0.6) is 0 Å². The van der Waals surface area contributed by atoms with E-state index in [4.69, 9.17) is 5.73 Å². The molecule has 1 fully saturated rings. The molecule has 3 atom stereocenters. The first-order valence-corrected chi connectivity index (χ1v) is 6.87. The van der Waals surface area contributed by atoms with Crippen LogP contribution in [0.3, 0.4) is 0 Å². The van der Waals surface area contributed by atoms with Gasteiger partial charge in [0.1, 0.15) is 0 Å². The van der Waals surface area contributed by atoms with E-state index in [1.54, 1.807) is 11.9 Å². The summed E-state index contributed by atoms with van der Waals surface area (Å²) in [6.45, 7) is -0.195. The molecule has 1 aromatic carbocycles. The lowest BCUT2D eigenvalue weighted by Crippen LogP contribution is -2.50. The molecule has 0 saturated heterocycles. The largest absolute Gasteiger partial charge is 0.326 e. The average Bonchev–Trinajstić information content (AvgIpc) is 2.39. The summed E-state index contributed by atoms with van der Waals surface area (Å²) in [5, 5.41) is 0. The highest BCUT2D eigenvalue weighted by atomic mass is 19.3. The number of halogens is 2. The molecule has 3 unspecified atom stereocenters. The van der Waals surface area contributed by atoms with Gasteiger partial charge in [-0.05, 0) is 37.8 Å². The molecule has 0 aromatic heterocycles. The number of hydrogen-bond acceptors (Lipinski definition) is 2. The van der Waals surface area contributed by atoms with Crippen LogP contribution in [0.4, 0.5) is 8.78 Å². The molecule has 1 aromatic rings. The molecule has 2 rings (SSSR count). The Morgan fingerprint density at radius 3 is 2.58 bits per heavy atom. The number of rotatable bonds is 4. The van der Waals surface area contributed by atoms with E-state index in [2.05, 4.69) is 12.1 Å². The molecule has 1 saturated carbocycles. The van der Waals surface area contributed by atoms with Crippen molar-refractivity contribution < 1.29 is 8.78 Å². The summed E-state index contributed by atoms with van der Waals surface area (Å²) in [6.07, 6.45) is 0.519. The molecule has 106 valence electrons. The van der Waals surface area contributed by atoms with Gasteiger partial charge in [-0.25, -0.2) is 8.78 Å². The third kappa shape index (κ3) is 3.74. The molecule has 0 spiro atoms. The van der Waals surface area contributed by atoms with Crippen molar-refractivity contribution in [3.8, 4) is 0 Å². The molecule has 0 aliphatic heterocycles. The molecule has 0 radical (unpaired) electrons. The van der Waals surface area contributed by atoms with Gasteiger partial charge in [0.05, 0.1) is 6.54 Å². The van der Waals surface area contributed by atoms with Crippen LogP contribution in [-0.2, 0) is 0 Å². The summed E-state index contributed by atoms with van der Waals surface area (Å²) in [5.74, 6) is 0.436. The highest BCUT2D eigenvalue weighted by Gasteiger charge is 2.32. The molecule has 0 amide bonds. The number of likely N-dealkylation sites (N-methyl/N-ethyl adjacent to an activating group) is 1. The Kier molecular flexibility index (Phi) is 4.88. The fourth-order valence-electron chi connectivity index (χ4n) is 3.06. The summed E-state index contributed by atoms with van der Waals surface area (Å²) in [5.41, 5.74) is 7.41. The Morgan fingerprint density at radius 2 is 1.95 bits per heavy atom. The van der Waals surface area contributed by atoms with Gasteiger partial charge in [0.2, 0.25) is 0 Å². The van der Waals surface area contributed by atoms with Crippen molar-refractivity contribution in [1.29, 1.82) is 0 Å². The van der Waals surface area contributed by atoms with Gasteiger partial charge in [0, 0.05) is 12.1 Å². The minimum Gasteiger partial charge on any atom is -0.326 e. The van der Waals surface area contributed by atoms with E-state index in [9.17, 15) is 8.78 Å². The van der Waals surface area contributed by atoms with Crippen LogP contribution < -0.4 is 5.73 Å². The Hall–Kier alpha value is -1.00. The normalized spacial score (nSPS) is 28.0. The van der Waals surface area contributed by atoms with Gasteiger partial charge in [-0.2, -0.15) is 0 Å². The zero-order chi connectivity index (χ0) is 13.8. The fraction of sp³-hybridized carbons (Fsp3) is 0.600. The van der Waals surface area contributed by atoms with Crippen LogP contribution in [0, 0.1) is 0 Å². The maximum absolute atomic E-state index is 12.5. The monoisotopic (exact) mass is 268 g/mol. The number of alkyl halides is 2. The van der Waals surface area contributed by atoms with E-state index >= 15 is 0 Å². The molecule has 2 N–H and O–H groups in total. The minimum atomic E-state index is -2.30. The number of nitrogens with zero attached hydrogens (tertiary/aromatic N) is 1. The van der Waals surface area contributed by atoms with E-state index in [0.717, 1.165) is 19.3 Å². The van der Waals surface area contributed by atoms with Crippen LogP contribution >= 0.6 is 0 Å². The van der Waals surface area contributed by atoms with Gasteiger partial charge < -0.3 is 5.73 Å². The van der Waals surface area contributed by atoms with Crippen molar-refractivity contribution >= 4 is 0 Å². The van der Waals surface area contributed by atoms with E-state index in [1.165, 1.54) is 5.56 Å². The van der Waals surface area contributed by atoms with Crippen molar-refractivity contribution in [2.75, 3.05) is 13.6 Å². The van der Waals surface area contributed by atoms with Gasteiger partial charge in [-0.3, -0.25) is 4.90 Å². The number of nitrogens with two attached hydrogens (primary N) is 1. The number of benzene rings is 1. The maximum atomic E-state index is 12.5. The van der Waals surface area contributed by atoms with Crippen molar-refractivity contribution in [1.82, 2.24) is 4.90 Å². The van der Waals surface area contributed by atoms with E-state index in [-0.39, 0.29) is 18.6 Å². The molecular weight excluding hydrogens is 246 g/mol. The van der Waals surface area contributed by atoms with Gasteiger partial charge in [-0.15, -0.1) is 0 Å². The molecule has 2 nitrogen and oxygen atoms in total. The van der Waals surface area contributed by atoms with Gasteiger partial charge in [0.15, 0.2) is 0 Å². The van der Waals surface area contributed by atoms with Crippen molar-refractivity contribution in [2.45, 2.75) is 43.7 Å². The lowest BCUT2D eigenvalue weighted by molar-refractivity contribution is 0.0614. The van der Waals surface area contributed by atoms with Crippen LogP contribution in [0.2, 0.25) is 0 Å². The third-order valence-electron chi connectivity index (χ3n) is 4.13. The minimum absolute atomic E-state index is 0.00344. The second-order valence-corrected chi connectivity index (χ2v) is 5.48. The first kappa shape index (κ1) is 14.4. The van der Waals surface area contributed by atoms with E-state index in [1.807, 2.05) is 18.2 Å². The zero-order valence-electron chi connectivity index (χ0n) is 11.3. The maximum Gasteiger partial charge on any atom is 0.251 e. The zero-order valence-corrected chi connectivity index (χ0v) is 11.3. The molecular formula is C15H22F2N2. The second kappa shape index (κ2) is 6.44. The van der Waals surface area contributed by atoms with Crippen LogP contribution in [-0.4, -0.2) is 37.0 Å². The van der Waals surface area contributed by atoms with Crippen molar-refractivity contribution in [3.63, 3.8) is 0 Å². The molecule has 1 aliphatic carbocycles. The Morgan fingerprint density at radius 1 is 1.26 bits per heavy atom. The molecule has 1 aliphatic rings. The summed E-state index contributed by atoms with van der Waals surface area (Å²) < 4.78 is 25.0. The highest BCUT2D eigenvalue weighted by molar-refractivity contribution is 5.20. The van der Waals surface area contributed by atoms with Gasteiger partial charge >= 0.3 is 0 Å². The van der Waals surface area contributed by atoms with E-state index in [0.29, 0.717) is 5.92 Å². The summed E-state index contributed by atoms with van der Waals surface area (Å²) in [7, 11) is 1.75. The van der Waals surface area contributed by atoms with Crippen LogP contribution in [0.15, 0.2) is 30.3 Å². The topological polar surface area (TPSA) is 29.3 Å². The molecule has 4 heteroatoms. The lowest BCUT2D eigenvalue weighted by atomic mass is 9.78. The summed E-state index contributed by atoms with van der Waals surface area (Å²) in [4.78, 5) is 1.73. The summed E-state index contributed by atoms with van der Waals surface area (Å²) >= 11 is 0. The Labute approximate surface area is 113 Å². The third-order valence-corrected chi connectivity index (χ3v) is 4.13. The van der Waals surface area contributed by atoms with Crippen molar-refractivity contribution in [3.05, 3.63) is 35.9 Å². The molecule has 0 bridgehead atoms. The summed E-state index contributed by atoms with van der Waals surface area (Å²) in [6, 6.07) is 10.3. The first-order chi connectivity index (χ1) is 9.08. The highest BCUT2D eigenvalue weighted by Crippen LogP contribution is 2.34. The van der Waals surface area contributed by atoms with Gasteiger partial charge in [-0.1, -0.05) is 30.3 Å². The standard InChI is InChI=1S/C15H22F2N2/c1-19(10-15(16)17)14-9-12(7-8-13(14)18)11-5-3-2-4-6-11/h2-6,12-15H,7-10,18H2,1H3. The van der Waals surface area contributed by atoms with Gasteiger partial charge in [0.25, 0.3) is 6.43 Å². The average molecular weight is 268 g/mol. The first-order valence-electron chi connectivity index (χ1n) is 6.87. The molecule has 0 heterocycles. The van der Waals surface area contributed by atoms with Crippen LogP contribution in [0.1, 0.15) is 30.7 Å². The predicted octanol–water partition coefficient (Wildman–Crippen LogP) is 2.85. The SMILES string of the molecule is CN(CC(F)F)C1CC(c2ccccc2)CCC1N. The predicted molar refractivity (Wildman–Crippen MR) is 73.4 cm³/mol. The Balaban J connectivity index is 2.03. The fourth-order valence-corrected chi connectivity index (χ4v) is 3.06. The van der Waals surface area contributed by atoms with E-state index < -0.39 is 6.43 Å². The molecule has 19 heavy (non-hydrogen) atoms. The number of hydrogen-bond donors (Lipinski definition) is 1. The quantitative estimate of drug-likeness (QED) is 0.910. The second-order valence-electron chi connectivity index (χ2n) is 5.48. The van der Waals surface area contributed by atoms with Crippen LogP contribution in [0.25, 0.3) is 0 Å².